The van der Waals surface area contributed by atoms with E-state index in [9.17, 15) is 9.59 Å². The topological polar surface area (TPSA) is 80.3 Å². The summed E-state index contributed by atoms with van der Waals surface area (Å²) < 4.78 is 5.49. The summed E-state index contributed by atoms with van der Waals surface area (Å²) in [6.45, 7) is 4.25. The van der Waals surface area contributed by atoms with Crippen molar-refractivity contribution in [3.8, 4) is 5.88 Å². The monoisotopic (exact) mass is 357 g/mol. The molecular weight excluding hydrogens is 338 g/mol. The number of carbonyl (C=O) groups is 2. The Hall–Kier alpha value is -2.54. The van der Waals surface area contributed by atoms with Crippen molar-refractivity contribution >= 4 is 29.3 Å². The molecule has 25 heavy (non-hydrogen) atoms. The summed E-state index contributed by atoms with van der Waals surface area (Å²) >= 11 is 1.47. The van der Waals surface area contributed by atoms with Crippen molar-refractivity contribution in [3.63, 3.8) is 0 Å². The predicted octanol–water partition coefficient (Wildman–Crippen LogP) is 2.84. The Bertz CT molecular complexity index is 791. The first-order valence-corrected chi connectivity index (χ1v) is 8.96. The van der Waals surface area contributed by atoms with Crippen molar-refractivity contribution in [2.24, 2.45) is 0 Å². The average molecular weight is 357 g/mol. The molecule has 3 rings (SSSR count). The van der Waals surface area contributed by atoms with E-state index in [1.165, 1.54) is 11.8 Å². The molecule has 0 atom stereocenters. The fourth-order valence-electron chi connectivity index (χ4n) is 2.34. The molecule has 0 bridgehead atoms. The van der Waals surface area contributed by atoms with Gasteiger partial charge in [-0.05, 0) is 37.6 Å². The van der Waals surface area contributed by atoms with Gasteiger partial charge in [0.05, 0.1) is 17.5 Å². The molecule has 7 heteroatoms. The zero-order valence-corrected chi connectivity index (χ0v) is 14.9. The maximum absolute atomic E-state index is 12.3. The molecule has 0 saturated carbocycles. The molecule has 0 radical (unpaired) electrons. The first-order valence-electron chi connectivity index (χ1n) is 7.98. The van der Waals surface area contributed by atoms with Gasteiger partial charge in [0.15, 0.2) is 0 Å². The van der Waals surface area contributed by atoms with E-state index in [0.29, 0.717) is 29.4 Å². The lowest BCUT2D eigenvalue weighted by Gasteiger charge is -2.17. The minimum Gasteiger partial charge on any atom is -0.475 e. The fraction of sp³-hybridized carbons (Fsp3) is 0.278. The standard InChI is InChI=1S/C18H19N3O3S/c1-11(2)24-17-6-3-12(8-19-17)9-20-18(23)13-4-5-15-14(7-13)21-16(22)10-25-15/h3-8,11H,9-10H2,1-2H3,(H,20,23)(H,21,22). The number of rotatable bonds is 5. The third-order valence-electron chi connectivity index (χ3n) is 3.48. The molecular formula is C18H19N3O3S. The van der Waals surface area contributed by atoms with Crippen LogP contribution in [0.5, 0.6) is 5.88 Å². The Morgan fingerprint density at radius 3 is 2.92 bits per heavy atom. The first-order chi connectivity index (χ1) is 12.0. The van der Waals surface area contributed by atoms with Crippen molar-refractivity contribution in [1.29, 1.82) is 0 Å². The zero-order valence-electron chi connectivity index (χ0n) is 14.0. The van der Waals surface area contributed by atoms with E-state index < -0.39 is 0 Å². The van der Waals surface area contributed by atoms with E-state index in [0.717, 1.165) is 10.5 Å². The van der Waals surface area contributed by atoms with Gasteiger partial charge in [-0.2, -0.15) is 0 Å². The molecule has 2 amide bonds. The number of aromatic nitrogens is 1. The highest BCUT2D eigenvalue weighted by atomic mass is 32.2. The Kier molecular flexibility index (Phi) is 5.23. The molecule has 1 aliphatic rings. The van der Waals surface area contributed by atoms with Gasteiger partial charge in [-0.25, -0.2) is 4.98 Å². The van der Waals surface area contributed by atoms with E-state index in [-0.39, 0.29) is 17.9 Å². The molecule has 1 aromatic heterocycles. The molecule has 1 aliphatic heterocycles. The minimum atomic E-state index is -0.199. The number of anilines is 1. The largest absolute Gasteiger partial charge is 0.475 e. The number of amides is 2. The first kappa shape index (κ1) is 17.3. The van der Waals surface area contributed by atoms with E-state index >= 15 is 0 Å². The quantitative estimate of drug-likeness (QED) is 0.860. The lowest BCUT2D eigenvalue weighted by Crippen LogP contribution is -2.24. The second-order valence-electron chi connectivity index (χ2n) is 5.90. The number of thioether (sulfide) groups is 1. The van der Waals surface area contributed by atoms with Crippen LogP contribution in [0.4, 0.5) is 5.69 Å². The molecule has 0 saturated heterocycles. The lowest BCUT2D eigenvalue weighted by molar-refractivity contribution is -0.113. The van der Waals surface area contributed by atoms with Gasteiger partial charge in [-0.15, -0.1) is 11.8 Å². The van der Waals surface area contributed by atoms with E-state index in [2.05, 4.69) is 15.6 Å². The number of benzene rings is 1. The molecule has 2 aromatic rings. The van der Waals surface area contributed by atoms with E-state index in [1.54, 1.807) is 24.4 Å². The summed E-state index contributed by atoms with van der Waals surface area (Å²) in [5.41, 5.74) is 2.08. The number of ether oxygens (including phenoxy) is 1. The highest BCUT2D eigenvalue weighted by molar-refractivity contribution is 8.00. The minimum absolute atomic E-state index is 0.0511. The van der Waals surface area contributed by atoms with Crippen LogP contribution in [0.25, 0.3) is 0 Å². The fourth-order valence-corrected chi connectivity index (χ4v) is 3.12. The van der Waals surface area contributed by atoms with Crippen LogP contribution in [0.2, 0.25) is 0 Å². The van der Waals surface area contributed by atoms with E-state index in [1.807, 2.05) is 26.0 Å². The molecule has 1 aromatic carbocycles. The van der Waals surface area contributed by atoms with Crippen molar-refractivity contribution in [2.75, 3.05) is 11.1 Å². The molecule has 130 valence electrons. The van der Waals surface area contributed by atoms with Gasteiger partial charge in [0, 0.05) is 29.3 Å². The lowest BCUT2D eigenvalue weighted by atomic mass is 10.1. The van der Waals surface area contributed by atoms with Gasteiger partial charge in [-0.3, -0.25) is 9.59 Å². The van der Waals surface area contributed by atoms with Crippen LogP contribution in [0.15, 0.2) is 41.4 Å². The zero-order chi connectivity index (χ0) is 17.8. The van der Waals surface area contributed by atoms with Gasteiger partial charge in [0.25, 0.3) is 5.91 Å². The summed E-state index contributed by atoms with van der Waals surface area (Å²) in [6.07, 6.45) is 1.75. The molecule has 2 N–H and O–H groups in total. The van der Waals surface area contributed by atoms with Gasteiger partial charge >= 0.3 is 0 Å². The van der Waals surface area contributed by atoms with Crippen LogP contribution in [0.1, 0.15) is 29.8 Å². The highest BCUT2D eigenvalue weighted by Gasteiger charge is 2.17. The van der Waals surface area contributed by atoms with Crippen LogP contribution in [-0.2, 0) is 11.3 Å². The van der Waals surface area contributed by atoms with Crippen molar-refractivity contribution in [2.45, 2.75) is 31.4 Å². The van der Waals surface area contributed by atoms with Gasteiger partial charge in [0.1, 0.15) is 0 Å². The number of pyridine rings is 1. The molecule has 0 unspecified atom stereocenters. The third-order valence-corrected chi connectivity index (χ3v) is 4.56. The molecule has 2 heterocycles. The Morgan fingerprint density at radius 1 is 1.36 bits per heavy atom. The van der Waals surface area contributed by atoms with Crippen LogP contribution in [0.3, 0.4) is 0 Å². The number of hydrogen-bond donors (Lipinski definition) is 2. The molecule has 0 fully saturated rings. The second-order valence-corrected chi connectivity index (χ2v) is 6.92. The number of hydrogen-bond acceptors (Lipinski definition) is 5. The molecule has 0 aliphatic carbocycles. The summed E-state index contributed by atoms with van der Waals surface area (Å²) in [5.74, 6) is 0.718. The van der Waals surface area contributed by atoms with Crippen molar-refractivity contribution < 1.29 is 14.3 Å². The number of fused-ring (bicyclic) bond motifs is 1. The molecule has 6 nitrogen and oxygen atoms in total. The number of carbonyl (C=O) groups excluding carboxylic acids is 2. The number of nitrogens with zero attached hydrogens (tertiary/aromatic N) is 1. The summed E-state index contributed by atoms with van der Waals surface area (Å²) in [7, 11) is 0. The van der Waals surface area contributed by atoms with Gasteiger partial charge in [-0.1, -0.05) is 6.07 Å². The van der Waals surface area contributed by atoms with E-state index in [4.69, 9.17) is 4.74 Å². The second kappa shape index (κ2) is 7.57. The smallest absolute Gasteiger partial charge is 0.251 e. The third kappa shape index (κ3) is 4.51. The Labute approximate surface area is 150 Å². The summed E-state index contributed by atoms with van der Waals surface area (Å²) in [5, 5.41) is 5.64. The predicted molar refractivity (Wildman–Crippen MR) is 97.0 cm³/mol. The van der Waals surface area contributed by atoms with Crippen molar-refractivity contribution in [1.82, 2.24) is 10.3 Å². The summed E-state index contributed by atoms with van der Waals surface area (Å²) in [4.78, 5) is 29.0. The normalized spacial score (nSPS) is 13.2. The maximum atomic E-state index is 12.3. The van der Waals surface area contributed by atoms with Crippen LogP contribution in [-0.4, -0.2) is 28.7 Å². The Balaban J connectivity index is 1.61. The number of nitrogens with one attached hydrogen (secondary N) is 2. The van der Waals surface area contributed by atoms with Crippen LogP contribution >= 0.6 is 11.8 Å². The van der Waals surface area contributed by atoms with Gasteiger partial charge in [0.2, 0.25) is 11.8 Å². The maximum Gasteiger partial charge on any atom is 0.251 e. The summed E-state index contributed by atoms with van der Waals surface area (Å²) in [6, 6.07) is 8.97. The average Bonchev–Trinajstić information content (AvgIpc) is 2.59. The van der Waals surface area contributed by atoms with Crippen LogP contribution < -0.4 is 15.4 Å². The van der Waals surface area contributed by atoms with Crippen LogP contribution in [0, 0.1) is 0 Å². The Morgan fingerprint density at radius 2 is 2.20 bits per heavy atom. The van der Waals surface area contributed by atoms with Crippen molar-refractivity contribution in [3.05, 3.63) is 47.7 Å². The SMILES string of the molecule is CC(C)Oc1ccc(CNC(=O)c2ccc3c(c2)NC(=O)CS3)cn1. The highest BCUT2D eigenvalue weighted by Crippen LogP contribution is 2.31. The molecule has 0 spiro atoms. The van der Waals surface area contributed by atoms with Gasteiger partial charge < -0.3 is 15.4 Å².